The van der Waals surface area contributed by atoms with Crippen LogP contribution in [0.5, 0.6) is 0 Å². The number of aromatic nitrogens is 2. The van der Waals surface area contributed by atoms with Gasteiger partial charge in [-0.05, 0) is 12.8 Å². The van der Waals surface area contributed by atoms with Gasteiger partial charge in [-0.1, -0.05) is 5.16 Å². The molecule has 2 heterocycles. The second-order valence-electron chi connectivity index (χ2n) is 3.41. The monoisotopic (exact) mass is 198 g/mol. The van der Waals surface area contributed by atoms with Gasteiger partial charge in [-0.3, -0.25) is 0 Å². The van der Waals surface area contributed by atoms with E-state index in [0.717, 1.165) is 26.1 Å². The molecule has 5 heteroatoms. The number of rotatable bonds is 3. The van der Waals surface area contributed by atoms with Gasteiger partial charge in [0.25, 0.3) is 0 Å². The highest BCUT2D eigenvalue weighted by molar-refractivity contribution is 4.95. The first-order valence-electron chi connectivity index (χ1n) is 4.91. The molecule has 0 saturated carbocycles. The van der Waals surface area contributed by atoms with Crippen LogP contribution in [0.25, 0.3) is 0 Å². The third kappa shape index (κ3) is 2.10. The standard InChI is InChI=1S/C9H14N2O3/c12-4-1-8-10-9(14-11-8)7-2-5-13-6-3-7/h7,12H,1-6H2. The molecule has 0 aromatic carbocycles. The van der Waals surface area contributed by atoms with Gasteiger partial charge in [0.1, 0.15) is 0 Å². The van der Waals surface area contributed by atoms with Crippen LogP contribution in [0.4, 0.5) is 0 Å². The fourth-order valence-corrected chi connectivity index (χ4v) is 1.58. The molecule has 0 bridgehead atoms. The van der Waals surface area contributed by atoms with Gasteiger partial charge < -0.3 is 14.4 Å². The molecule has 78 valence electrons. The zero-order chi connectivity index (χ0) is 9.80. The highest BCUT2D eigenvalue weighted by atomic mass is 16.5. The van der Waals surface area contributed by atoms with E-state index in [1.165, 1.54) is 0 Å². The van der Waals surface area contributed by atoms with E-state index in [0.29, 0.717) is 24.1 Å². The van der Waals surface area contributed by atoms with Crippen molar-refractivity contribution in [1.29, 1.82) is 0 Å². The lowest BCUT2D eigenvalue weighted by atomic mass is 10.0. The minimum absolute atomic E-state index is 0.0623. The molecule has 0 aliphatic carbocycles. The maximum Gasteiger partial charge on any atom is 0.229 e. The van der Waals surface area contributed by atoms with Crippen molar-refractivity contribution < 1.29 is 14.4 Å². The fraction of sp³-hybridized carbons (Fsp3) is 0.778. The van der Waals surface area contributed by atoms with Gasteiger partial charge in [-0.15, -0.1) is 0 Å². The molecule has 1 aromatic rings. The molecule has 0 unspecified atom stereocenters. The maximum atomic E-state index is 8.70. The molecule has 14 heavy (non-hydrogen) atoms. The van der Waals surface area contributed by atoms with Gasteiger partial charge in [0.15, 0.2) is 5.82 Å². The largest absolute Gasteiger partial charge is 0.396 e. The van der Waals surface area contributed by atoms with Crippen molar-refractivity contribution in [2.45, 2.75) is 25.2 Å². The number of hydrogen-bond donors (Lipinski definition) is 1. The van der Waals surface area contributed by atoms with Gasteiger partial charge in [0.05, 0.1) is 6.61 Å². The summed E-state index contributed by atoms with van der Waals surface area (Å²) in [4.78, 5) is 4.23. The summed E-state index contributed by atoms with van der Waals surface area (Å²) in [5, 5.41) is 12.5. The van der Waals surface area contributed by atoms with Crippen LogP contribution in [0, 0.1) is 0 Å². The molecule has 0 radical (unpaired) electrons. The Morgan fingerprint density at radius 3 is 2.86 bits per heavy atom. The molecule has 1 N–H and O–H groups in total. The Bertz CT molecular complexity index is 281. The fourth-order valence-electron chi connectivity index (χ4n) is 1.58. The number of hydrogen-bond acceptors (Lipinski definition) is 5. The Kier molecular flexibility index (Phi) is 3.10. The number of aliphatic hydroxyl groups is 1. The van der Waals surface area contributed by atoms with Crippen molar-refractivity contribution in [3.63, 3.8) is 0 Å². The SMILES string of the molecule is OCCc1noc(C2CCOCC2)n1. The second kappa shape index (κ2) is 4.52. The molecule has 1 aliphatic heterocycles. The molecule has 5 nitrogen and oxygen atoms in total. The molecule has 0 amide bonds. The summed E-state index contributed by atoms with van der Waals surface area (Å²) in [5.41, 5.74) is 0. The average Bonchev–Trinajstić information content (AvgIpc) is 2.68. The van der Waals surface area contributed by atoms with E-state index >= 15 is 0 Å². The summed E-state index contributed by atoms with van der Waals surface area (Å²) in [6.45, 7) is 1.59. The van der Waals surface area contributed by atoms with Crippen molar-refractivity contribution in [3.8, 4) is 0 Å². The van der Waals surface area contributed by atoms with Crippen LogP contribution in [0.15, 0.2) is 4.52 Å². The van der Waals surface area contributed by atoms with E-state index in [4.69, 9.17) is 14.4 Å². The van der Waals surface area contributed by atoms with Gasteiger partial charge in [0, 0.05) is 25.6 Å². The predicted molar refractivity (Wildman–Crippen MR) is 47.9 cm³/mol. The normalized spacial score (nSPS) is 18.6. The Labute approximate surface area is 82.1 Å². The highest BCUT2D eigenvalue weighted by Gasteiger charge is 2.21. The van der Waals surface area contributed by atoms with Crippen molar-refractivity contribution >= 4 is 0 Å². The van der Waals surface area contributed by atoms with Crippen LogP contribution in [0.2, 0.25) is 0 Å². The van der Waals surface area contributed by atoms with Gasteiger partial charge in [-0.25, -0.2) is 0 Å². The summed E-state index contributed by atoms with van der Waals surface area (Å²) >= 11 is 0. The Hall–Kier alpha value is -0.940. The molecule has 0 spiro atoms. The number of nitrogens with zero attached hydrogens (tertiary/aromatic N) is 2. The first-order chi connectivity index (χ1) is 6.90. The molecular formula is C9H14N2O3. The van der Waals surface area contributed by atoms with Crippen LogP contribution in [-0.2, 0) is 11.2 Å². The molecular weight excluding hydrogens is 184 g/mol. The molecule has 2 rings (SSSR count). The van der Waals surface area contributed by atoms with Gasteiger partial charge >= 0.3 is 0 Å². The highest BCUT2D eigenvalue weighted by Crippen LogP contribution is 2.25. The lowest BCUT2D eigenvalue weighted by Crippen LogP contribution is -2.14. The Morgan fingerprint density at radius 2 is 2.14 bits per heavy atom. The molecule has 1 aliphatic rings. The van der Waals surface area contributed by atoms with Crippen molar-refractivity contribution in [1.82, 2.24) is 10.1 Å². The molecule has 0 atom stereocenters. The van der Waals surface area contributed by atoms with E-state index in [1.54, 1.807) is 0 Å². The Balaban J connectivity index is 2.00. The van der Waals surface area contributed by atoms with E-state index in [9.17, 15) is 0 Å². The predicted octanol–water partition coefficient (Wildman–Crippen LogP) is 0.498. The average molecular weight is 198 g/mol. The summed E-state index contributed by atoms with van der Waals surface area (Å²) in [5.74, 6) is 1.62. The van der Waals surface area contributed by atoms with Crippen LogP contribution in [-0.4, -0.2) is 35.1 Å². The van der Waals surface area contributed by atoms with Crippen LogP contribution in [0.1, 0.15) is 30.5 Å². The summed E-state index contributed by atoms with van der Waals surface area (Å²) in [6, 6.07) is 0. The first-order valence-corrected chi connectivity index (χ1v) is 4.91. The minimum Gasteiger partial charge on any atom is -0.396 e. The van der Waals surface area contributed by atoms with E-state index in [2.05, 4.69) is 10.1 Å². The lowest BCUT2D eigenvalue weighted by molar-refractivity contribution is 0.0778. The van der Waals surface area contributed by atoms with Gasteiger partial charge in [0.2, 0.25) is 5.89 Å². The zero-order valence-electron chi connectivity index (χ0n) is 7.98. The summed E-state index contributed by atoms with van der Waals surface area (Å²) < 4.78 is 10.4. The molecule has 1 saturated heterocycles. The minimum atomic E-state index is 0.0623. The first kappa shape index (κ1) is 9.61. The summed E-state index contributed by atoms with van der Waals surface area (Å²) in [7, 11) is 0. The number of ether oxygens (including phenoxy) is 1. The van der Waals surface area contributed by atoms with E-state index < -0.39 is 0 Å². The zero-order valence-corrected chi connectivity index (χ0v) is 7.98. The maximum absolute atomic E-state index is 8.70. The third-order valence-corrected chi connectivity index (χ3v) is 2.39. The van der Waals surface area contributed by atoms with Crippen molar-refractivity contribution in [3.05, 3.63) is 11.7 Å². The lowest BCUT2D eigenvalue weighted by Gasteiger charge is -2.17. The Morgan fingerprint density at radius 1 is 1.36 bits per heavy atom. The molecule has 1 fully saturated rings. The third-order valence-electron chi connectivity index (χ3n) is 2.39. The van der Waals surface area contributed by atoms with Crippen molar-refractivity contribution in [2.75, 3.05) is 19.8 Å². The van der Waals surface area contributed by atoms with Crippen LogP contribution < -0.4 is 0 Å². The van der Waals surface area contributed by atoms with E-state index in [-0.39, 0.29) is 6.61 Å². The van der Waals surface area contributed by atoms with Gasteiger partial charge in [-0.2, -0.15) is 4.98 Å². The van der Waals surface area contributed by atoms with Crippen molar-refractivity contribution in [2.24, 2.45) is 0 Å². The quantitative estimate of drug-likeness (QED) is 0.765. The number of aliphatic hydroxyl groups excluding tert-OH is 1. The second-order valence-corrected chi connectivity index (χ2v) is 3.41. The van der Waals surface area contributed by atoms with E-state index in [1.807, 2.05) is 0 Å². The van der Waals surface area contributed by atoms with Crippen LogP contribution >= 0.6 is 0 Å². The topological polar surface area (TPSA) is 68.4 Å². The summed E-state index contributed by atoms with van der Waals surface area (Å²) in [6.07, 6.45) is 2.36. The smallest absolute Gasteiger partial charge is 0.229 e. The molecule has 1 aromatic heterocycles. The van der Waals surface area contributed by atoms with Crippen LogP contribution in [0.3, 0.4) is 0 Å².